The summed E-state index contributed by atoms with van der Waals surface area (Å²) in [5.41, 5.74) is 2.90. The Morgan fingerprint density at radius 3 is 2.58 bits per heavy atom. The Morgan fingerprint density at radius 1 is 1.08 bits per heavy atom. The predicted octanol–water partition coefficient (Wildman–Crippen LogP) is 4.59. The molecule has 4 heteroatoms. The summed E-state index contributed by atoms with van der Waals surface area (Å²) in [6.45, 7) is 4.20. The number of benzene rings is 2. The van der Waals surface area contributed by atoms with Gasteiger partial charge >= 0.3 is 0 Å². The van der Waals surface area contributed by atoms with Crippen molar-refractivity contribution < 1.29 is 9.53 Å². The van der Waals surface area contributed by atoms with Crippen molar-refractivity contribution in [2.75, 3.05) is 5.32 Å². The molecule has 4 nitrogen and oxygen atoms in total. The second-order valence-electron chi connectivity index (χ2n) is 5.97. The Hall–Kier alpha value is -2.88. The molecule has 0 saturated heterocycles. The minimum absolute atomic E-state index is 0.392. The Labute approximate surface area is 141 Å². The lowest BCUT2D eigenvalue weighted by molar-refractivity contribution is -0.107. The number of carbonyl (C=O) groups excluding carboxylic acids is 1. The zero-order valence-electron chi connectivity index (χ0n) is 13.8. The smallest absolute Gasteiger partial charge is 0.219 e. The number of nitrogens with one attached hydrogen (secondary N) is 1. The topological polar surface area (TPSA) is 51.2 Å². The van der Waals surface area contributed by atoms with Crippen LogP contribution in [0.2, 0.25) is 0 Å². The molecule has 0 aliphatic rings. The fraction of sp³-hybridized carbons (Fsp3) is 0.200. The zero-order valence-corrected chi connectivity index (χ0v) is 13.8. The van der Waals surface area contributed by atoms with Gasteiger partial charge in [0.15, 0.2) is 0 Å². The van der Waals surface area contributed by atoms with E-state index in [4.69, 9.17) is 4.74 Å². The highest BCUT2D eigenvalue weighted by Crippen LogP contribution is 2.24. The maximum Gasteiger partial charge on any atom is 0.219 e. The highest BCUT2D eigenvalue weighted by Gasteiger charge is 2.03. The molecule has 3 aromatic rings. The summed E-state index contributed by atoms with van der Waals surface area (Å²) in [6.07, 6.45) is 1.33. The molecule has 2 aromatic carbocycles. The van der Waals surface area contributed by atoms with Crippen molar-refractivity contribution >= 4 is 22.9 Å². The van der Waals surface area contributed by atoms with E-state index in [-0.39, 0.29) is 0 Å². The number of aromatic nitrogens is 1. The maximum atomic E-state index is 10.6. The molecule has 0 amide bonds. The van der Waals surface area contributed by atoms with Crippen LogP contribution < -0.4 is 10.1 Å². The second kappa shape index (κ2) is 7.13. The van der Waals surface area contributed by atoms with Crippen molar-refractivity contribution in [2.24, 2.45) is 0 Å². The average molecular weight is 320 g/mol. The molecule has 0 unspecified atom stereocenters. The van der Waals surface area contributed by atoms with E-state index in [1.807, 2.05) is 54.6 Å². The fourth-order valence-corrected chi connectivity index (χ4v) is 2.51. The molecule has 3 rings (SSSR count). The summed E-state index contributed by atoms with van der Waals surface area (Å²) in [5, 5.41) is 4.34. The first-order valence-electron chi connectivity index (χ1n) is 8.02. The third-order valence-corrected chi connectivity index (χ3v) is 3.58. The van der Waals surface area contributed by atoms with Gasteiger partial charge in [-0.15, -0.1) is 0 Å². The largest absolute Gasteiger partial charge is 0.439 e. The van der Waals surface area contributed by atoms with Crippen molar-refractivity contribution in [1.82, 2.24) is 4.98 Å². The number of ether oxygens (including phenoxy) is 1. The molecule has 0 saturated carbocycles. The zero-order chi connectivity index (χ0) is 16.9. The number of hydrogen-bond acceptors (Lipinski definition) is 4. The molecule has 0 aliphatic carbocycles. The lowest BCUT2D eigenvalue weighted by Gasteiger charge is -2.11. The van der Waals surface area contributed by atoms with Crippen molar-refractivity contribution in [1.29, 1.82) is 0 Å². The van der Waals surface area contributed by atoms with Crippen LogP contribution in [0.3, 0.4) is 0 Å². The number of aldehydes is 1. The molecule has 0 spiro atoms. The summed E-state index contributed by atoms with van der Waals surface area (Å²) in [4.78, 5) is 15.1. The van der Waals surface area contributed by atoms with Gasteiger partial charge in [0.25, 0.3) is 0 Å². The van der Waals surface area contributed by atoms with Crippen LogP contribution in [0.25, 0.3) is 10.9 Å². The van der Waals surface area contributed by atoms with Crippen molar-refractivity contribution in [3.05, 3.63) is 60.2 Å². The van der Waals surface area contributed by atoms with Gasteiger partial charge in [0.2, 0.25) is 5.88 Å². The molecule has 122 valence electrons. The molecular weight excluding hydrogens is 300 g/mol. The van der Waals surface area contributed by atoms with E-state index in [2.05, 4.69) is 24.1 Å². The summed E-state index contributed by atoms with van der Waals surface area (Å²) >= 11 is 0. The van der Waals surface area contributed by atoms with E-state index >= 15 is 0 Å². The standard InChI is InChI=1S/C20H20N2O2/c1-14(2)21-17-5-7-18(8-6-17)24-20-10-4-16-13-15(11-12-23)3-9-19(16)22-20/h3-10,12-14,21H,11H2,1-2H3. The quantitative estimate of drug-likeness (QED) is 0.675. The number of hydrogen-bond donors (Lipinski definition) is 1. The van der Waals surface area contributed by atoms with Gasteiger partial charge in [-0.2, -0.15) is 0 Å². The molecular formula is C20H20N2O2. The molecule has 0 fully saturated rings. The Morgan fingerprint density at radius 2 is 1.88 bits per heavy atom. The molecule has 24 heavy (non-hydrogen) atoms. The lowest BCUT2D eigenvalue weighted by atomic mass is 10.1. The van der Waals surface area contributed by atoms with E-state index in [0.29, 0.717) is 18.3 Å². The first-order valence-corrected chi connectivity index (χ1v) is 8.02. The molecule has 1 heterocycles. The van der Waals surface area contributed by atoms with Crippen LogP contribution in [0.4, 0.5) is 5.69 Å². The van der Waals surface area contributed by atoms with E-state index in [1.165, 1.54) is 0 Å². The highest BCUT2D eigenvalue weighted by molar-refractivity contribution is 5.80. The average Bonchev–Trinajstić information content (AvgIpc) is 2.57. The Kier molecular flexibility index (Phi) is 4.75. The van der Waals surface area contributed by atoms with Gasteiger partial charge in [0.1, 0.15) is 12.0 Å². The third kappa shape index (κ3) is 3.90. The molecule has 1 aromatic heterocycles. The van der Waals surface area contributed by atoms with Gasteiger partial charge in [0, 0.05) is 29.6 Å². The highest BCUT2D eigenvalue weighted by atomic mass is 16.5. The molecule has 0 bridgehead atoms. The fourth-order valence-electron chi connectivity index (χ4n) is 2.51. The number of carbonyl (C=O) groups is 1. The number of rotatable bonds is 6. The maximum absolute atomic E-state index is 10.6. The number of pyridine rings is 1. The first kappa shape index (κ1) is 16.0. The van der Waals surface area contributed by atoms with E-state index in [9.17, 15) is 4.79 Å². The molecule has 0 atom stereocenters. The van der Waals surface area contributed by atoms with Crippen LogP contribution >= 0.6 is 0 Å². The van der Waals surface area contributed by atoms with Gasteiger partial charge in [-0.3, -0.25) is 0 Å². The Balaban J connectivity index is 1.77. The van der Waals surface area contributed by atoms with Gasteiger partial charge in [-0.25, -0.2) is 4.98 Å². The normalized spacial score (nSPS) is 10.8. The summed E-state index contributed by atoms with van der Waals surface area (Å²) in [7, 11) is 0. The third-order valence-electron chi connectivity index (χ3n) is 3.58. The lowest BCUT2D eigenvalue weighted by Crippen LogP contribution is -2.09. The van der Waals surface area contributed by atoms with E-state index in [0.717, 1.165) is 34.2 Å². The molecule has 0 aliphatic heterocycles. The van der Waals surface area contributed by atoms with Crippen LogP contribution in [0, 0.1) is 0 Å². The monoisotopic (exact) mass is 320 g/mol. The van der Waals surface area contributed by atoms with Gasteiger partial charge in [0.05, 0.1) is 5.52 Å². The second-order valence-corrected chi connectivity index (χ2v) is 5.97. The summed E-state index contributed by atoms with van der Waals surface area (Å²) < 4.78 is 5.83. The number of anilines is 1. The van der Waals surface area contributed by atoms with Gasteiger partial charge in [-0.1, -0.05) is 6.07 Å². The minimum atomic E-state index is 0.392. The van der Waals surface area contributed by atoms with Crippen molar-refractivity contribution in [3.63, 3.8) is 0 Å². The van der Waals surface area contributed by atoms with Gasteiger partial charge in [-0.05, 0) is 61.9 Å². The van der Waals surface area contributed by atoms with E-state index < -0.39 is 0 Å². The van der Waals surface area contributed by atoms with Gasteiger partial charge < -0.3 is 14.8 Å². The van der Waals surface area contributed by atoms with Crippen molar-refractivity contribution in [2.45, 2.75) is 26.3 Å². The van der Waals surface area contributed by atoms with Crippen LogP contribution in [-0.2, 0) is 11.2 Å². The Bertz CT molecular complexity index is 842. The number of nitrogens with zero attached hydrogens (tertiary/aromatic N) is 1. The first-order chi connectivity index (χ1) is 11.6. The van der Waals surface area contributed by atoms with Crippen LogP contribution in [-0.4, -0.2) is 17.3 Å². The van der Waals surface area contributed by atoms with Crippen LogP contribution in [0.1, 0.15) is 19.4 Å². The summed E-state index contributed by atoms with van der Waals surface area (Å²) in [6, 6.07) is 17.8. The SMILES string of the molecule is CC(C)Nc1ccc(Oc2ccc3cc(CC=O)ccc3n2)cc1. The number of fused-ring (bicyclic) bond motifs is 1. The van der Waals surface area contributed by atoms with Crippen molar-refractivity contribution in [3.8, 4) is 11.6 Å². The van der Waals surface area contributed by atoms with Crippen LogP contribution in [0.15, 0.2) is 54.6 Å². The summed E-state index contributed by atoms with van der Waals surface area (Å²) in [5.74, 6) is 1.30. The minimum Gasteiger partial charge on any atom is -0.439 e. The predicted molar refractivity (Wildman–Crippen MR) is 96.8 cm³/mol. The molecule has 1 N–H and O–H groups in total. The van der Waals surface area contributed by atoms with Crippen LogP contribution in [0.5, 0.6) is 11.6 Å². The van der Waals surface area contributed by atoms with E-state index in [1.54, 1.807) is 0 Å². The molecule has 0 radical (unpaired) electrons.